The van der Waals surface area contributed by atoms with Gasteiger partial charge < -0.3 is 10.2 Å². The summed E-state index contributed by atoms with van der Waals surface area (Å²) in [6, 6.07) is 14.4. The van der Waals surface area contributed by atoms with Gasteiger partial charge in [-0.15, -0.1) is 0 Å². The second-order valence-electron chi connectivity index (χ2n) is 6.73. The first-order chi connectivity index (χ1) is 14.0. The fourth-order valence-corrected chi connectivity index (χ4v) is 6.40. The molecule has 0 fully saturated rings. The molecule has 7 nitrogen and oxygen atoms in total. The van der Waals surface area contributed by atoms with E-state index < -0.39 is 20.8 Å². The lowest BCUT2D eigenvalue weighted by molar-refractivity contribution is 0.573. The number of nitrogens with zero attached hydrogens (tertiary/aromatic N) is 2. The Bertz CT molecular complexity index is 1050. The van der Waals surface area contributed by atoms with Gasteiger partial charge in [0.05, 0.1) is 38.9 Å². The third kappa shape index (κ3) is 5.03. The van der Waals surface area contributed by atoms with Crippen LogP contribution >= 0.6 is 0 Å². The SMILES string of the molecule is CCCN1CS(=O)c2c1cccc2S(=O)(=O)NCCNCc1cccc(C#N)c1. The third-order valence-electron chi connectivity index (χ3n) is 4.56. The largest absolute Gasteiger partial charge is 0.358 e. The molecular formula is C20H24N4O3S2. The van der Waals surface area contributed by atoms with E-state index in [0.717, 1.165) is 24.2 Å². The minimum Gasteiger partial charge on any atom is -0.358 e. The predicted molar refractivity (Wildman–Crippen MR) is 113 cm³/mol. The summed E-state index contributed by atoms with van der Waals surface area (Å²) < 4.78 is 40.7. The molecule has 0 saturated heterocycles. The molecule has 2 N–H and O–H groups in total. The Morgan fingerprint density at radius 3 is 2.76 bits per heavy atom. The maximum absolute atomic E-state index is 12.8. The number of anilines is 1. The quantitative estimate of drug-likeness (QED) is 0.587. The molecule has 1 aliphatic rings. The number of rotatable bonds is 9. The van der Waals surface area contributed by atoms with Crippen LogP contribution in [0.1, 0.15) is 24.5 Å². The van der Waals surface area contributed by atoms with E-state index in [9.17, 15) is 12.6 Å². The van der Waals surface area contributed by atoms with E-state index in [1.54, 1.807) is 18.2 Å². The topological polar surface area (TPSA) is 102 Å². The van der Waals surface area contributed by atoms with Gasteiger partial charge in [0.15, 0.2) is 0 Å². The van der Waals surface area contributed by atoms with Gasteiger partial charge in [-0.1, -0.05) is 25.1 Å². The van der Waals surface area contributed by atoms with Gasteiger partial charge in [-0.2, -0.15) is 5.26 Å². The van der Waals surface area contributed by atoms with Crippen molar-refractivity contribution in [2.75, 3.05) is 30.4 Å². The van der Waals surface area contributed by atoms with Gasteiger partial charge in [-0.3, -0.25) is 4.21 Å². The molecule has 0 spiro atoms. The second-order valence-corrected chi connectivity index (χ2v) is 9.82. The average molecular weight is 433 g/mol. The molecule has 1 aliphatic heterocycles. The second kappa shape index (κ2) is 9.50. The van der Waals surface area contributed by atoms with Crippen molar-refractivity contribution in [2.45, 2.75) is 29.7 Å². The number of hydrogen-bond acceptors (Lipinski definition) is 6. The smallest absolute Gasteiger partial charge is 0.241 e. The monoisotopic (exact) mass is 432 g/mol. The van der Waals surface area contributed by atoms with Crippen molar-refractivity contribution in [2.24, 2.45) is 0 Å². The molecule has 0 saturated carbocycles. The van der Waals surface area contributed by atoms with Gasteiger partial charge in [-0.05, 0) is 36.2 Å². The summed E-state index contributed by atoms with van der Waals surface area (Å²) in [4.78, 5) is 2.46. The highest BCUT2D eigenvalue weighted by Gasteiger charge is 2.32. The number of fused-ring (bicyclic) bond motifs is 1. The first-order valence-electron chi connectivity index (χ1n) is 9.42. The van der Waals surface area contributed by atoms with Gasteiger partial charge in [0.1, 0.15) is 4.90 Å². The average Bonchev–Trinajstić information content (AvgIpc) is 3.04. The molecule has 2 aromatic carbocycles. The summed E-state index contributed by atoms with van der Waals surface area (Å²) in [5.41, 5.74) is 2.29. The van der Waals surface area contributed by atoms with E-state index in [-0.39, 0.29) is 11.4 Å². The normalized spacial score (nSPS) is 15.9. The molecule has 0 aliphatic carbocycles. The van der Waals surface area contributed by atoms with Crippen LogP contribution in [-0.2, 0) is 27.4 Å². The molecule has 1 unspecified atom stereocenters. The molecule has 3 rings (SSSR count). The molecular weight excluding hydrogens is 408 g/mol. The summed E-state index contributed by atoms with van der Waals surface area (Å²) in [5.74, 6) is 0.332. The molecule has 1 atom stereocenters. The van der Waals surface area contributed by atoms with Crippen molar-refractivity contribution in [3.8, 4) is 6.07 Å². The molecule has 9 heteroatoms. The fraction of sp³-hybridized carbons (Fsp3) is 0.350. The minimum absolute atomic E-state index is 0.0913. The first kappa shape index (κ1) is 21.5. The van der Waals surface area contributed by atoms with Crippen LogP contribution in [0, 0.1) is 11.3 Å². The third-order valence-corrected chi connectivity index (χ3v) is 7.62. The lowest BCUT2D eigenvalue weighted by Crippen LogP contribution is -2.32. The van der Waals surface area contributed by atoms with Crippen molar-refractivity contribution in [1.82, 2.24) is 10.0 Å². The van der Waals surface area contributed by atoms with E-state index in [1.165, 1.54) is 6.07 Å². The summed E-state index contributed by atoms with van der Waals surface area (Å²) in [5, 5.41) is 12.1. The molecule has 1 heterocycles. The number of sulfonamides is 1. The van der Waals surface area contributed by atoms with E-state index in [4.69, 9.17) is 5.26 Å². The molecule has 29 heavy (non-hydrogen) atoms. The van der Waals surface area contributed by atoms with Crippen LogP contribution in [0.4, 0.5) is 5.69 Å². The summed E-state index contributed by atoms with van der Waals surface area (Å²) in [6.07, 6.45) is 0.898. The fourth-order valence-electron chi connectivity index (χ4n) is 3.26. The number of hydrogen-bond donors (Lipinski definition) is 2. The maximum Gasteiger partial charge on any atom is 0.241 e. The molecule has 0 bridgehead atoms. The van der Waals surface area contributed by atoms with Gasteiger partial charge in [-0.25, -0.2) is 13.1 Å². The Morgan fingerprint density at radius 2 is 2.00 bits per heavy atom. The van der Waals surface area contributed by atoms with Gasteiger partial charge in [0, 0.05) is 26.2 Å². The van der Waals surface area contributed by atoms with Crippen LogP contribution in [0.15, 0.2) is 52.3 Å². The lowest BCUT2D eigenvalue weighted by atomic mass is 10.1. The minimum atomic E-state index is -3.77. The van der Waals surface area contributed by atoms with Crippen molar-refractivity contribution in [3.63, 3.8) is 0 Å². The van der Waals surface area contributed by atoms with Crippen molar-refractivity contribution in [3.05, 3.63) is 53.6 Å². The van der Waals surface area contributed by atoms with Crippen LogP contribution in [0.5, 0.6) is 0 Å². The Kier molecular flexibility index (Phi) is 7.03. The maximum atomic E-state index is 12.8. The molecule has 0 amide bonds. The van der Waals surface area contributed by atoms with Crippen molar-refractivity contribution < 1.29 is 12.6 Å². The van der Waals surface area contributed by atoms with Gasteiger partial charge in [0.25, 0.3) is 0 Å². The summed E-state index contributed by atoms with van der Waals surface area (Å²) in [6.45, 7) is 3.94. The first-order valence-corrected chi connectivity index (χ1v) is 12.2. The van der Waals surface area contributed by atoms with Crippen LogP contribution in [0.2, 0.25) is 0 Å². The zero-order valence-electron chi connectivity index (χ0n) is 16.2. The zero-order chi connectivity index (χ0) is 20.9. The molecule has 2 aromatic rings. The van der Waals surface area contributed by atoms with Crippen molar-refractivity contribution in [1.29, 1.82) is 5.26 Å². The Hall–Kier alpha value is -2.25. The number of nitriles is 1. The van der Waals surface area contributed by atoms with E-state index in [0.29, 0.717) is 29.4 Å². The lowest BCUT2D eigenvalue weighted by Gasteiger charge is -2.17. The standard InChI is InChI=1S/C20H24N4O3S2/c1-2-11-24-15-28(25)20-18(24)7-4-8-19(20)29(26,27)23-10-9-22-14-17-6-3-5-16(12-17)13-21/h3-8,12,22-23H,2,9-11,14-15H2,1H3. The van der Waals surface area contributed by atoms with Crippen LogP contribution in [0.3, 0.4) is 0 Å². The van der Waals surface area contributed by atoms with E-state index in [1.807, 2.05) is 30.0 Å². The van der Waals surface area contributed by atoms with Crippen molar-refractivity contribution >= 4 is 26.5 Å². The predicted octanol–water partition coefficient (Wildman–Crippen LogP) is 1.92. The van der Waals surface area contributed by atoms with Gasteiger partial charge >= 0.3 is 0 Å². The number of benzene rings is 2. The van der Waals surface area contributed by atoms with E-state index in [2.05, 4.69) is 16.1 Å². The molecule has 0 radical (unpaired) electrons. The Balaban J connectivity index is 1.61. The highest BCUT2D eigenvalue weighted by Crippen LogP contribution is 2.36. The van der Waals surface area contributed by atoms with Crippen LogP contribution in [0.25, 0.3) is 0 Å². The number of nitrogens with one attached hydrogen (secondary N) is 2. The summed E-state index contributed by atoms with van der Waals surface area (Å²) in [7, 11) is -5.13. The highest BCUT2D eigenvalue weighted by atomic mass is 32.2. The van der Waals surface area contributed by atoms with E-state index >= 15 is 0 Å². The Morgan fingerprint density at radius 1 is 1.21 bits per heavy atom. The zero-order valence-corrected chi connectivity index (χ0v) is 17.9. The highest BCUT2D eigenvalue weighted by molar-refractivity contribution is 7.91. The Labute approximate surface area is 174 Å². The van der Waals surface area contributed by atoms with Crippen LogP contribution < -0.4 is 14.9 Å². The summed E-state index contributed by atoms with van der Waals surface area (Å²) >= 11 is 0. The molecule has 0 aromatic heterocycles. The molecule has 154 valence electrons. The van der Waals surface area contributed by atoms with Crippen LogP contribution in [-0.4, -0.2) is 38.1 Å². The van der Waals surface area contributed by atoms with Gasteiger partial charge in [0.2, 0.25) is 10.0 Å².